The summed E-state index contributed by atoms with van der Waals surface area (Å²) in [6, 6.07) is 10.0. The summed E-state index contributed by atoms with van der Waals surface area (Å²) in [6.07, 6.45) is 1.47. The Morgan fingerprint density at radius 3 is 2.75 bits per heavy atom. The maximum atomic E-state index is 11.7. The van der Waals surface area contributed by atoms with E-state index in [2.05, 4.69) is 13.0 Å². The molecule has 1 rings (SSSR count). The van der Waals surface area contributed by atoms with E-state index in [-0.39, 0.29) is 5.92 Å². The number of hydrogen-bond donors (Lipinski definition) is 0. The van der Waals surface area contributed by atoms with Gasteiger partial charge in [-0.25, -0.2) is 0 Å². The lowest BCUT2D eigenvalue weighted by Crippen LogP contribution is -1.99. The highest BCUT2D eigenvalue weighted by Crippen LogP contribution is 2.24. The van der Waals surface area contributed by atoms with Gasteiger partial charge in [-0.1, -0.05) is 26.0 Å². The topological polar surface area (TPSA) is 40.9 Å². The Kier molecular flexibility index (Phi) is 5.21. The molecule has 0 amide bonds. The van der Waals surface area contributed by atoms with Crippen molar-refractivity contribution < 1.29 is 4.21 Å². The van der Waals surface area contributed by atoms with E-state index in [1.54, 1.807) is 0 Å². The highest BCUT2D eigenvalue weighted by Gasteiger charge is 2.10. The summed E-state index contributed by atoms with van der Waals surface area (Å²) >= 11 is 0. The second-order valence-corrected chi connectivity index (χ2v) is 5.41. The molecule has 0 aliphatic carbocycles. The average Bonchev–Trinajstić information content (AvgIpc) is 2.35. The van der Waals surface area contributed by atoms with Crippen LogP contribution >= 0.6 is 0 Å². The largest absolute Gasteiger partial charge is 0.254 e. The van der Waals surface area contributed by atoms with E-state index in [1.165, 1.54) is 0 Å². The molecular weight excluding hydrogens is 218 g/mol. The Bertz CT molecular complexity index is 409. The van der Waals surface area contributed by atoms with Gasteiger partial charge in [0.05, 0.1) is 16.9 Å². The van der Waals surface area contributed by atoms with Gasteiger partial charge in [0.1, 0.15) is 0 Å². The van der Waals surface area contributed by atoms with Gasteiger partial charge in [-0.2, -0.15) is 5.26 Å². The molecule has 86 valence electrons. The van der Waals surface area contributed by atoms with Gasteiger partial charge in [-0.05, 0) is 30.0 Å². The van der Waals surface area contributed by atoms with Gasteiger partial charge < -0.3 is 0 Å². The molecule has 0 aromatic heterocycles. The fourth-order valence-electron chi connectivity index (χ4n) is 1.68. The zero-order chi connectivity index (χ0) is 12.0. The Morgan fingerprint density at radius 1 is 1.44 bits per heavy atom. The Morgan fingerprint density at radius 2 is 2.19 bits per heavy atom. The third kappa shape index (κ3) is 3.18. The monoisotopic (exact) mass is 235 g/mol. The molecule has 1 aromatic carbocycles. The van der Waals surface area contributed by atoms with Crippen molar-refractivity contribution in [3.63, 3.8) is 0 Å². The van der Waals surface area contributed by atoms with Crippen molar-refractivity contribution in [1.82, 2.24) is 0 Å². The highest BCUT2D eigenvalue weighted by molar-refractivity contribution is 7.85. The molecule has 0 spiro atoms. The van der Waals surface area contributed by atoms with Crippen molar-refractivity contribution in [2.45, 2.75) is 37.5 Å². The normalized spacial score (nSPS) is 14.1. The van der Waals surface area contributed by atoms with Crippen LogP contribution in [0.25, 0.3) is 0 Å². The second kappa shape index (κ2) is 6.44. The molecule has 0 radical (unpaired) electrons. The lowest BCUT2D eigenvalue weighted by molar-refractivity contribution is 0.674. The van der Waals surface area contributed by atoms with Crippen molar-refractivity contribution in [1.29, 1.82) is 5.26 Å². The van der Waals surface area contributed by atoms with Crippen LogP contribution in [0.3, 0.4) is 0 Å². The Labute approximate surface area is 99.8 Å². The predicted molar refractivity (Wildman–Crippen MR) is 66.7 cm³/mol. The van der Waals surface area contributed by atoms with Gasteiger partial charge in [0.15, 0.2) is 0 Å². The molecule has 0 N–H and O–H groups in total. The molecule has 0 aliphatic heterocycles. The van der Waals surface area contributed by atoms with E-state index in [9.17, 15) is 4.21 Å². The molecule has 0 bridgehead atoms. The number of nitrogens with zero attached hydrogens (tertiary/aromatic N) is 1. The van der Waals surface area contributed by atoms with Crippen LogP contribution < -0.4 is 0 Å². The number of nitriles is 1. The number of benzene rings is 1. The van der Waals surface area contributed by atoms with E-state index < -0.39 is 10.8 Å². The van der Waals surface area contributed by atoms with E-state index in [0.29, 0.717) is 12.2 Å². The van der Waals surface area contributed by atoms with Crippen molar-refractivity contribution in [3.05, 3.63) is 29.8 Å². The maximum Gasteiger partial charge on any atom is 0.0628 e. The molecule has 0 saturated heterocycles. The van der Waals surface area contributed by atoms with Gasteiger partial charge in [0.2, 0.25) is 0 Å². The molecule has 0 fully saturated rings. The molecule has 1 aromatic rings. The third-order valence-electron chi connectivity index (χ3n) is 2.69. The summed E-state index contributed by atoms with van der Waals surface area (Å²) in [7, 11) is -0.906. The summed E-state index contributed by atoms with van der Waals surface area (Å²) in [6.45, 7) is 3.99. The first-order valence-corrected chi connectivity index (χ1v) is 6.90. The van der Waals surface area contributed by atoms with E-state index in [4.69, 9.17) is 5.26 Å². The van der Waals surface area contributed by atoms with Crippen LogP contribution in [0.2, 0.25) is 0 Å². The lowest BCUT2D eigenvalue weighted by Gasteiger charge is -2.12. The molecule has 3 heteroatoms. The van der Waals surface area contributed by atoms with Gasteiger partial charge in [0.25, 0.3) is 0 Å². The van der Waals surface area contributed by atoms with Gasteiger partial charge in [-0.15, -0.1) is 0 Å². The van der Waals surface area contributed by atoms with Crippen LogP contribution in [0.15, 0.2) is 29.2 Å². The predicted octanol–water partition coefficient (Wildman–Crippen LogP) is 3.22. The second-order valence-electron chi connectivity index (χ2n) is 3.67. The van der Waals surface area contributed by atoms with Gasteiger partial charge in [0, 0.05) is 17.1 Å². The van der Waals surface area contributed by atoms with Crippen molar-refractivity contribution >= 4 is 10.8 Å². The van der Waals surface area contributed by atoms with E-state index in [0.717, 1.165) is 16.9 Å². The minimum atomic E-state index is -0.906. The first-order valence-electron chi connectivity index (χ1n) is 5.58. The quantitative estimate of drug-likeness (QED) is 0.786. The fraction of sp³-hybridized carbons (Fsp3) is 0.462. The van der Waals surface area contributed by atoms with Gasteiger partial charge in [-0.3, -0.25) is 4.21 Å². The minimum absolute atomic E-state index is 0.263. The van der Waals surface area contributed by atoms with Crippen molar-refractivity contribution in [2.75, 3.05) is 5.75 Å². The lowest BCUT2D eigenvalue weighted by atomic mass is 9.94. The average molecular weight is 235 g/mol. The van der Waals surface area contributed by atoms with Gasteiger partial charge >= 0.3 is 0 Å². The van der Waals surface area contributed by atoms with Crippen LogP contribution in [0.1, 0.15) is 38.2 Å². The molecule has 0 aliphatic rings. The number of rotatable bonds is 5. The summed E-state index contributed by atoms with van der Waals surface area (Å²) in [5.41, 5.74) is 1.13. The maximum absolute atomic E-state index is 11.7. The molecule has 2 nitrogen and oxygen atoms in total. The molecule has 0 saturated carbocycles. The zero-order valence-corrected chi connectivity index (χ0v) is 10.6. The molecule has 16 heavy (non-hydrogen) atoms. The SMILES string of the molecule is CCC(CC#N)c1cccc(S(=O)CC)c1. The van der Waals surface area contributed by atoms with Crippen LogP contribution in [-0.2, 0) is 10.8 Å². The van der Waals surface area contributed by atoms with E-state index in [1.807, 2.05) is 31.2 Å². The van der Waals surface area contributed by atoms with Crippen molar-refractivity contribution in [2.24, 2.45) is 0 Å². The third-order valence-corrected chi connectivity index (χ3v) is 3.99. The van der Waals surface area contributed by atoms with E-state index >= 15 is 0 Å². The summed E-state index contributed by atoms with van der Waals surface area (Å²) in [5.74, 6) is 0.900. The zero-order valence-electron chi connectivity index (χ0n) is 9.77. The Balaban J connectivity index is 2.97. The summed E-state index contributed by atoms with van der Waals surface area (Å²) in [4.78, 5) is 0.872. The fourth-order valence-corrected chi connectivity index (χ4v) is 2.52. The summed E-state index contributed by atoms with van der Waals surface area (Å²) < 4.78 is 11.7. The molecule has 2 unspecified atom stereocenters. The smallest absolute Gasteiger partial charge is 0.0628 e. The van der Waals surface area contributed by atoms with Crippen LogP contribution in [0, 0.1) is 11.3 Å². The molecule has 2 atom stereocenters. The highest BCUT2D eigenvalue weighted by atomic mass is 32.2. The van der Waals surface area contributed by atoms with Crippen LogP contribution in [0.4, 0.5) is 0 Å². The van der Waals surface area contributed by atoms with Crippen molar-refractivity contribution in [3.8, 4) is 6.07 Å². The van der Waals surface area contributed by atoms with Crippen LogP contribution in [0.5, 0.6) is 0 Å². The molecule has 0 heterocycles. The van der Waals surface area contributed by atoms with Crippen LogP contribution in [-0.4, -0.2) is 9.96 Å². The standard InChI is InChI=1S/C13H17NOS/c1-3-11(8-9-14)12-6-5-7-13(10-12)16(15)4-2/h5-7,10-11H,3-4,8H2,1-2H3. The first-order chi connectivity index (χ1) is 7.72. The molecular formula is C13H17NOS. The minimum Gasteiger partial charge on any atom is -0.254 e. The summed E-state index contributed by atoms with van der Waals surface area (Å²) in [5, 5.41) is 8.74. The Hall–Kier alpha value is -1.14. The number of hydrogen-bond acceptors (Lipinski definition) is 2. The first kappa shape index (κ1) is 12.9.